The van der Waals surface area contributed by atoms with Gasteiger partial charge in [-0.2, -0.15) is 5.10 Å². The van der Waals surface area contributed by atoms with E-state index in [1.54, 1.807) is 24.4 Å². The number of fused-ring (bicyclic) bond motifs is 1. The van der Waals surface area contributed by atoms with Crippen molar-refractivity contribution in [3.05, 3.63) is 42.5 Å². The van der Waals surface area contributed by atoms with E-state index in [1.165, 1.54) is 16.9 Å². The number of aldehydes is 1. The van der Waals surface area contributed by atoms with Gasteiger partial charge >= 0.3 is 0 Å². The molecule has 0 amide bonds. The van der Waals surface area contributed by atoms with E-state index in [0.717, 1.165) is 0 Å². The number of aromatic nitrogens is 4. The highest BCUT2D eigenvalue weighted by Gasteiger charge is 2.13. The molecule has 3 heterocycles. The first-order chi connectivity index (χ1) is 11.2. The van der Waals surface area contributed by atoms with Gasteiger partial charge in [-0.1, -0.05) is 0 Å². The van der Waals surface area contributed by atoms with Crippen molar-refractivity contribution in [3.8, 4) is 17.5 Å². The fourth-order valence-electron chi connectivity index (χ4n) is 1.85. The number of ether oxygens (including phenoxy) is 2. The highest BCUT2D eigenvalue weighted by atomic mass is 19.3. The number of halogens is 2. The van der Waals surface area contributed by atoms with Crippen LogP contribution in [-0.4, -0.2) is 38.9 Å². The van der Waals surface area contributed by atoms with Crippen molar-refractivity contribution in [1.82, 2.24) is 19.6 Å². The average Bonchev–Trinajstić information content (AvgIpc) is 2.96. The van der Waals surface area contributed by atoms with Gasteiger partial charge in [0.2, 0.25) is 0 Å². The molecule has 3 aromatic rings. The Morgan fingerprint density at radius 2 is 2.00 bits per heavy atom. The van der Waals surface area contributed by atoms with Gasteiger partial charge in [-0.05, 0) is 12.1 Å². The van der Waals surface area contributed by atoms with Gasteiger partial charge < -0.3 is 9.47 Å². The Kier molecular flexibility index (Phi) is 4.09. The number of alkyl halides is 2. The minimum Gasteiger partial charge on any atom is -0.468 e. The van der Waals surface area contributed by atoms with E-state index in [0.29, 0.717) is 17.6 Å². The van der Waals surface area contributed by atoms with Gasteiger partial charge in [0.15, 0.2) is 12.9 Å². The topological polar surface area (TPSA) is 78.6 Å². The first kappa shape index (κ1) is 14.8. The lowest BCUT2D eigenvalue weighted by Crippen LogP contribution is -2.09. The summed E-state index contributed by atoms with van der Waals surface area (Å²) in [6, 6.07) is 4.77. The van der Waals surface area contributed by atoms with Crippen LogP contribution in [0.1, 0.15) is 10.5 Å². The molecule has 0 spiro atoms. The first-order valence-corrected chi connectivity index (χ1v) is 6.50. The van der Waals surface area contributed by atoms with Crippen LogP contribution in [0, 0.1) is 0 Å². The van der Waals surface area contributed by atoms with Gasteiger partial charge in [0.1, 0.15) is 11.4 Å². The number of pyridine rings is 1. The molecule has 0 bridgehead atoms. The highest BCUT2D eigenvalue weighted by molar-refractivity contribution is 5.75. The first-order valence-electron chi connectivity index (χ1n) is 6.50. The molecule has 0 N–H and O–H groups in total. The van der Waals surface area contributed by atoms with Crippen LogP contribution < -0.4 is 9.47 Å². The highest BCUT2D eigenvalue weighted by Crippen LogP contribution is 2.27. The monoisotopic (exact) mass is 320 g/mol. The molecule has 0 unspecified atom stereocenters. The average molecular weight is 320 g/mol. The summed E-state index contributed by atoms with van der Waals surface area (Å²) in [5, 5.41) is 4.00. The van der Waals surface area contributed by atoms with Crippen LogP contribution >= 0.6 is 0 Å². The normalized spacial score (nSPS) is 10.9. The summed E-state index contributed by atoms with van der Waals surface area (Å²) in [6.07, 6.45) is 2.26. The van der Waals surface area contributed by atoms with Crippen molar-refractivity contribution < 1.29 is 23.0 Å². The molecule has 9 heteroatoms. The molecular weight excluding hydrogens is 310 g/mol. The van der Waals surface area contributed by atoms with E-state index in [4.69, 9.17) is 9.47 Å². The number of carbonyl (C=O) groups excluding carboxylic acids is 1. The molecule has 3 aromatic heterocycles. The van der Waals surface area contributed by atoms with Crippen LogP contribution in [0.2, 0.25) is 0 Å². The van der Waals surface area contributed by atoms with E-state index >= 15 is 0 Å². The van der Waals surface area contributed by atoms with Gasteiger partial charge in [0, 0.05) is 24.7 Å². The molecule has 0 radical (unpaired) electrons. The van der Waals surface area contributed by atoms with E-state index in [1.807, 2.05) is 0 Å². The molecule has 3 rings (SSSR count). The molecule has 0 atom stereocenters. The third-order valence-electron chi connectivity index (χ3n) is 2.77. The number of hydrogen-bond acceptors (Lipinski definition) is 6. The Morgan fingerprint density at radius 1 is 1.22 bits per heavy atom. The molecular formula is C14H10F2N4O3. The smallest absolute Gasteiger partial charge is 0.283 e. The largest absolute Gasteiger partial charge is 0.468 e. The van der Waals surface area contributed by atoms with Crippen molar-refractivity contribution in [2.24, 2.45) is 0 Å². The zero-order chi connectivity index (χ0) is 16.2. The lowest BCUT2D eigenvalue weighted by atomic mass is 10.3. The van der Waals surface area contributed by atoms with Gasteiger partial charge in [-0.3, -0.25) is 4.79 Å². The summed E-state index contributed by atoms with van der Waals surface area (Å²) in [5.74, 6) is 0.208. The van der Waals surface area contributed by atoms with Crippen LogP contribution in [-0.2, 0) is 0 Å². The maximum atomic E-state index is 12.2. The summed E-state index contributed by atoms with van der Waals surface area (Å²) in [4.78, 5) is 18.5. The second-order valence-corrected chi connectivity index (χ2v) is 4.39. The third-order valence-corrected chi connectivity index (χ3v) is 2.77. The van der Waals surface area contributed by atoms with Crippen LogP contribution in [0.4, 0.5) is 8.78 Å². The number of nitrogens with zero attached hydrogens (tertiary/aromatic N) is 4. The van der Waals surface area contributed by atoms with Gasteiger partial charge in [0.25, 0.3) is 18.2 Å². The summed E-state index contributed by atoms with van der Waals surface area (Å²) >= 11 is 0. The second kappa shape index (κ2) is 6.34. The third kappa shape index (κ3) is 3.39. The quantitative estimate of drug-likeness (QED) is 0.649. The second-order valence-electron chi connectivity index (χ2n) is 4.39. The Balaban J connectivity index is 1.85. The molecule has 0 saturated carbocycles. The van der Waals surface area contributed by atoms with Crippen LogP contribution in [0.5, 0.6) is 17.5 Å². The predicted octanol–water partition coefficient (Wildman–Crippen LogP) is 2.37. The van der Waals surface area contributed by atoms with Crippen LogP contribution in [0.25, 0.3) is 5.52 Å². The Morgan fingerprint density at radius 3 is 2.74 bits per heavy atom. The minimum atomic E-state index is -2.63. The lowest BCUT2D eigenvalue weighted by Gasteiger charge is -2.09. The standard InChI is InChI=1S/C14H10F2N4O3/c15-12(16)8-22-13-14(18-3-2-17-13)23-11-1-4-20-10(6-11)5-9(7-21)19-20/h1-7,12H,8H2. The molecule has 23 heavy (non-hydrogen) atoms. The van der Waals surface area contributed by atoms with Crippen molar-refractivity contribution in [2.45, 2.75) is 6.43 Å². The van der Waals surface area contributed by atoms with Crippen LogP contribution in [0.3, 0.4) is 0 Å². The summed E-state index contributed by atoms with van der Waals surface area (Å²) in [7, 11) is 0. The number of carbonyl (C=O) groups is 1. The Bertz CT molecular complexity index is 838. The van der Waals surface area contributed by atoms with Gasteiger partial charge in [-0.25, -0.2) is 23.3 Å². The maximum Gasteiger partial charge on any atom is 0.283 e. The predicted molar refractivity (Wildman–Crippen MR) is 74.2 cm³/mol. The zero-order valence-electron chi connectivity index (χ0n) is 11.6. The molecule has 7 nitrogen and oxygen atoms in total. The summed E-state index contributed by atoms with van der Waals surface area (Å²) in [6.45, 7) is -0.806. The van der Waals surface area contributed by atoms with Crippen molar-refractivity contribution in [2.75, 3.05) is 6.61 Å². The molecule has 0 aliphatic carbocycles. The molecule has 0 aromatic carbocycles. The molecule has 118 valence electrons. The van der Waals surface area contributed by atoms with E-state index in [9.17, 15) is 13.6 Å². The van der Waals surface area contributed by atoms with E-state index < -0.39 is 13.0 Å². The SMILES string of the molecule is O=Cc1cc2cc(Oc3nccnc3OCC(F)F)ccn2n1. The fraction of sp³-hybridized carbons (Fsp3) is 0.143. The van der Waals surface area contributed by atoms with Gasteiger partial charge in [0.05, 0.1) is 5.52 Å². The zero-order valence-corrected chi connectivity index (χ0v) is 11.6. The minimum absolute atomic E-state index is 0.0346. The number of hydrogen-bond donors (Lipinski definition) is 0. The Hall–Kier alpha value is -3.10. The van der Waals surface area contributed by atoms with E-state index in [-0.39, 0.29) is 17.5 Å². The van der Waals surface area contributed by atoms with Crippen molar-refractivity contribution >= 4 is 11.8 Å². The van der Waals surface area contributed by atoms with E-state index in [2.05, 4.69) is 15.1 Å². The van der Waals surface area contributed by atoms with Crippen molar-refractivity contribution in [1.29, 1.82) is 0 Å². The Labute approximate surface area is 128 Å². The summed E-state index contributed by atoms with van der Waals surface area (Å²) < 4.78 is 36.4. The fourth-order valence-corrected chi connectivity index (χ4v) is 1.85. The van der Waals surface area contributed by atoms with Crippen molar-refractivity contribution in [3.63, 3.8) is 0 Å². The lowest BCUT2D eigenvalue weighted by molar-refractivity contribution is 0.0779. The van der Waals surface area contributed by atoms with Gasteiger partial charge in [-0.15, -0.1) is 0 Å². The number of rotatable bonds is 6. The molecule has 0 aliphatic rings. The summed E-state index contributed by atoms with van der Waals surface area (Å²) in [5.41, 5.74) is 0.908. The van der Waals surface area contributed by atoms with Crippen LogP contribution in [0.15, 0.2) is 36.8 Å². The molecule has 0 saturated heterocycles. The molecule has 0 aliphatic heterocycles. The molecule has 0 fully saturated rings. The maximum absolute atomic E-state index is 12.2.